The number of halogens is 1. The number of nitrogens with one attached hydrogen (secondary N) is 3. The number of aromatic amines is 2. The van der Waals surface area contributed by atoms with Crippen LogP contribution in [0.4, 0.5) is 4.39 Å². The lowest BCUT2D eigenvalue weighted by Crippen LogP contribution is -2.20. The molecule has 1 aliphatic heterocycles. The summed E-state index contributed by atoms with van der Waals surface area (Å²) in [6.45, 7) is 1.85. The second kappa shape index (κ2) is 7.14. The monoisotopic (exact) mass is 410 g/mol. The number of hydrogen-bond acceptors (Lipinski definition) is 4. The molecule has 1 aromatic carbocycles. The van der Waals surface area contributed by atoms with E-state index >= 15 is 0 Å². The van der Waals surface area contributed by atoms with Gasteiger partial charge in [-0.15, -0.1) is 0 Å². The Kier molecular flexibility index (Phi) is 4.14. The second-order valence-corrected chi connectivity index (χ2v) is 7.69. The normalized spacial score (nSPS) is 14.3. The van der Waals surface area contributed by atoms with Crippen LogP contribution in [0.1, 0.15) is 12.0 Å². The first-order valence-electron chi connectivity index (χ1n) is 10.2. The summed E-state index contributed by atoms with van der Waals surface area (Å²) in [4.78, 5) is 12.4. The molecule has 0 unspecified atom stereocenters. The minimum atomic E-state index is -0.262. The van der Waals surface area contributed by atoms with Gasteiger partial charge in [-0.1, -0.05) is 18.2 Å². The van der Waals surface area contributed by atoms with Crippen molar-refractivity contribution >= 4 is 27.6 Å². The molecule has 0 saturated heterocycles. The molecule has 31 heavy (non-hydrogen) atoms. The maximum atomic E-state index is 13.8. The SMILES string of the molecule is Fc1cccc(-c2ccnc3[nH]c(-c4n[nH]c5ncc(C6=CCNCC6)cc45)cc23)c1. The van der Waals surface area contributed by atoms with Crippen LogP contribution in [0.25, 0.3) is 50.2 Å². The quantitative estimate of drug-likeness (QED) is 0.403. The van der Waals surface area contributed by atoms with Crippen LogP contribution in [0.3, 0.4) is 0 Å². The van der Waals surface area contributed by atoms with Crippen molar-refractivity contribution in [2.45, 2.75) is 6.42 Å². The van der Waals surface area contributed by atoms with Crippen molar-refractivity contribution in [1.29, 1.82) is 0 Å². The van der Waals surface area contributed by atoms with Crippen molar-refractivity contribution < 1.29 is 4.39 Å². The third-order valence-electron chi connectivity index (χ3n) is 5.77. The van der Waals surface area contributed by atoms with E-state index in [0.717, 1.165) is 69.7 Å². The van der Waals surface area contributed by atoms with Crippen LogP contribution in [-0.2, 0) is 0 Å². The van der Waals surface area contributed by atoms with Crippen LogP contribution in [0.15, 0.2) is 60.9 Å². The van der Waals surface area contributed by atoms with E-state index in [1.807, 2.05) is 24.4 Å². The van der Waals surface area contributed by atoms with Gasteiger partial charge in [-0.2, -0.15) is 5.10 Å². The molecule has 5 heterocycles. The van der Waals surface area contributed by atoms with Crippen LogP contribution < -0.4 is 5.32 Å². The fourth-order valence-electron chi connectivity index (χ4n) is 4.23. The Morgan fingerprint density at radius 2 is 1.90 bits per heavy atom. The van der Waals surface area contributed by atoms with E-state index in [1.54, 1.807) is 12.3 Å². The summed E-state index contributed by atoms with van der Waals surface area (Å²) < 4.78 is 13.8. The van der Waals surface area contributed by atoms with E-state index in [2.05, 4.69) is 42.6 Å². The highest BCUT2D eigenvalue weighted by atomic mass is 19.1. The third kappa shape index (κ3) is 3.10. The lowest BCUT2D eigenvalue weighted by atomic mass is 10.0. The number of fused-ring (bicyclic) bond motifs is 2. The highest BCUT2D eigenvalue weighted by Gasteiger charge is 2.16. The first-order valence-corrected chi connectivity index (χ1v) is 10.2. The average Bonchev–Trinajstić information content (AvgIpc) is 3.43. The van der Waals surface area contributed by atoms with E-state index in [4.69, 9.17) is 0 Å². The number of pyridine rings is 2. The van der Waals surface area contributed by atoms with E-state index in [-0.39, 0.29) is 5.82 Å². The minimum Gasteiger partial charge on any atom is -0.338 e. The van der Waals surface area contributed by atoms with Gasteiger partial charge >= 0.3 is 0 Å². The van der Waals surface area contributed by atoms with Crippen molar-refractivity contribution in [2.75, 3.05) is 13.1 Å². The molecule has 6 rings (SSSR count). The highest BCUT2D eigenvalue weighted by molar-refractivity contribution is 5.99. The molecule has 0 spiro atoms. The molecule has 6 nitrogen and oxygen atoms in total. The van der Waals surface area contributed by atoms with Gasteiger partial charge < -0.3 is 10.3 Å². The number of benzene rings is 1. The largest absolute Gasteiger partial charge is 0.338 e. The summed E-state index contributed by atoms with van der Waals surface area (Å²) in [5, 5.41) is 12.8. The molecule has 7 heteroatoms. The zero-order valence-electron chi connectivity index (χ0n) is 16.6. The molecule has 3 N–H and O–H groups in total. The molecule has 152 valence electrons. The molecule has 0 atom stereocenters. The Balaban J connectivity index is 1.49. The fraction of sp³-hybridized carbons (Fsp3) is 0.125. The van der Waals surface area contributed by atoms with Gasteiger partial charge in [0.15, 0.2) is 5.65 Å². The maximum absolute atomic E-state index is 13.8. The molecule has 0 aliphatic carbocycles. The van der Waals surface area contributed by atoms with E-state index in [1.165, 1.54) is 17.7 Å². The van der Waals surface area contributed by atoms with Crippen molar-refractivity contribution in [3.05, 3.63) is 72.3 Å². The van der Waals surface area contributed by atoms with Gasteiger partial charge in [0, 0.05) is 29.7 Å². The van der Waals surface area contributed by atoms with E-state index in [9.17, 15) is 4.39 Å². The predicted molar refractivity (Wildman–Crippen MR) is 120 cm³/mol. The predicted octanol–water partition coefficient (Wildman–Crippen LogP) is 4.68. The minimum absolute atomic E-state index is 0.262. The van der Waals surface area contributed by atoms with Gasteiger partial charge in [0.25, 0.3) is 0 Å². The Morgan fingerprint density at radius 3 is 2.77 bits per heavy atom. The highest BCUT2D eigenvalue weighted by Crippen LogP contribution is 2.34. The van der Waals surface area contributed by atoms with Gasteiger partial charge in [-0.3, -0.25) is 5.10 Å². The van der Waals surface area contributed by atoms with E-state index in [0.29, 0.717) is 0 Å². The van der Waals surface area contributed by atoms with Crippen LogP contribution in [0, 0.1) is 5.82 Å². The second-order valence-electron chi connectivity index (χ2n) is 7.69. The fourth-order valence-corrected chi connectivity index (χ4v) is 4.23. The molecular formula is C24H19FN6. The standard InChI is InChI=1S/C24H19FN6/c25-17-3-1-2-15(10-17)18-6-9-27-23-19(18)12-21(29-23)22-20-11-16(13-28-24(20)31-30-22)14-4-7-26-8-5-14/h1-4,6,9-13,26H,5,7-8H2,(H,27,29)(H,28,30,31). The maximum Gasteiger partial charge on any atom is 0.155 e. The van der Waals surface area contributed by atoms with Crippen LogP contribution >= 0.6 is 0 Å². The molecule has 5 aromatic rings. The van der Waals surface area contributed by atoms with Crippen molar-refractivity contribution in [3.8, 4) is 22.5 Å². The molecule has 0 radical (unpaired) electrons. The first kappa shape index (κ1) is 18.0. The van der Waals surface area contributed by atoms with Gasteiger partial charge in [0.05, 0.1) is 5.69 Å². The molecule has 0 fully saturated rings. The lowest BCUT2D eigenvalue weighted by Gasteiger charge is -2.13. The summed E-state index contributed by atoms with van der Waals surface area (Å²) in [6, 6.07) is 12.7. The zero-order valence-corrected chi connectivity index (χ0v) is 16.6. The number of nitrogens with zero attached hydrogens (tertiary/aromatic N) is 3. The summed E-state index contributed by atoms with van der Waals surface area (Å²) in [6.07, 6.45) is 6.82. The Bertz CT molecular complexity index is 1460. The average molecular weight is 410 g/mol. The smallest absolute Gasteiger partial charge is 0.155 e. The number of rotatable bonds is 3. The molecule has 4 aromatic heterocycles. The van der Waals surface area contributed by atoms with Gasteiger partial charge in [-0.25, -0.2) is 14.4 Å². The van der Waals surface area contributed by atoms with Crippen LogP contribution in [0.2, 0.25) is 0 Å². The van der Waals surface area contributed by atoms with Gasteiger partial charge in [-0.05, 0) is 65.6 Å². The number of hydrogen-bond donors (Lipinski definition) is 3. The van der Waals surface area contributed by atoms with E-state index < -0.39 is 0 Å². The van der Waals surface area contributed by atoms with Crippen molar-refractivity contribution in [1.82, 2.24) is 30.5 Å². The molecule has 0 saturated carbocycles. The molecule has 1 aliphatic rings. The molecule has 0 bridgehead atoms. The Hall–Kier alpha value is -3.84. The number of aromatic nitrogens is 5. The summed E-state index contributed by atoms with van der Waals surface area (Å²) in [5.74, 6) is -0.262. The lowest BCUT2D eigenvalue weighted by molar-refractivity contribution is 0.628. The Labute approximate surface area is 177 Å². The summed E-state index contributed by atoms with van der Waals surface area (Å²) >= 11 is 0. The summed E-state index contributed by atoms with van der Waals surface area (Å²) in [5.41, 5.74) is 7.26. The zero-order chi connectivity index (χ0) is 20.8. The molecular weight excluding hydrogens is 391 g/mol. The third-order valence-corrected chi connectivity index (χ3v) is 5.77. The van der Waals surface area contributed by atoms with Crippen LogP contribution in [0.5, 0.6) is 0 Å². The Morgan fingerprint density at radius 1 is 0.935 bits per heavy atom. The number of H-pyrrole nitrogens is 2. The van der Waals surface area contributed by atoms with Gasteiger partial charge in [0.2, 0.25) is 0 Å². The topological polar surface area (TPSA) is 82.3 Å². The first-order chi connectivity index (χ1) is 15.3. The van der Waals surface area contributed by atoms with Crippen molar-refractivity contribution in [2.24, 2.45) is 0 Å². The molecule has 0 amide bonds. The van der Waals surface area contributed by atoms with Crippen molar-refractivity contribution in [3.63, 3.8) is 0 Å². The van der Waals surface area contributed by atoms with Crippen LogP contribution in [-0.4, -0.2) is 38.2 Å². The summed E-state index contributed by atoms with van der Waals surface area (Å²) in [7, 11) is 0. The van der Waals surface area contributed by atoms with Gasteiger partial charge in [0.1, 0.15) is 17.2 Å².